The fourth-order valence-corrected chi connectivity index (χ4v) is 2.43. The Morgan fingerprint density at radius 3 is 2.67 bits per heavy atom. The van der Waals surface area contributed by atoms with Gasteiger partial charge in [0.2, 0.25) is 5.43 Å². The summed E-state index contributed by atoms with van der Waals surface area (Å²) in [7, 11) is 1.86. The Labute approximate surface area is 139 Å². The van der Waals surface area contributed by atoms with E-state index < -0.39 is 0 Å². The fourth-order valence-electron chi connectivity index (χ4n) is 2.43. The lowest BCUT2D eigenvalue weighted by molar-refractivity contribution is 0.792. The first-order valence-electron chi connectivity index (χ1n) is 7.55. The largest absolute Gasteiger partial charge is 0.388 e. The third kappa shape index (κ3) is 3.33. The van der Waals surface area contributed by atoms with Crippen molar-refractivity contribution < 1.29 is 0 Å². The number of benzene rings is 2. The van der Waals surface area contributed by atoms with Gasteiger partial charge < -0.3 is 5.32 Å². The van der Waals surface area contributed by atoms with Crippen LogP contribution in [-0.4, -0.2) is 16.8 Å². The quantitative estimate of drug-likeness (QED) is 0.803. The number of nitriles is 1. The first-order valence-corrected chi connectivity index (χ1v) is 7.55. The normalized spacial score (nSPS) is 10.2. The van der Waals surface area contributed by atoms with E-state index in [2.05, 4.69) is 16.5 Å². The van der Waals surface area contributed by atoms with Gasteiger partial charge in [0.1, 0.15) is 5.69 Å². The standard InChI is InChI=1S/C19H16N4O/c1-21-16-4-2-3-15(11-16)12-18-19(24)9-10-23(22-18)17-7-5-14(13-20)6-8-17/h2-11,21H,12H2,1H3. The zero-order valence-corrected chi connectivity index (χ0v) is 13.2. The van der Waals surface area contributed by atoms with Crippen molar-refractivity contribution in [2.45, 2.75) is 6.42 Å². The van der Waals surface area contributed by atoms with E-state index in [0.29, 0.717) is 17.7 Å². The zero-order chi connectivity index (χ0) is 16.9. The van der Waals surface area contributed by atoms with E-state index >= 15 is 0 Å². The predicted molar refractivity (Wildman–Crippen MR) is 93.3 cm³/mol. The van der Waals surface area contributed by atoms with Crippen molar-refractivity contribution in [3.8, 4) is 11.8 Å². The zero-order valence-electron chi connectivity index (χ0n) is 13.2. The highest BCUT2D eigenvalue weighted by atomic mass is 16.1. The average Bonchev–Trinajstić information content (AvgIpc) is 2.64. The van der Waals surface area contributed by atoms with E-state index in [0.717, 1.165) is 16.9 Å². The van der Waals surface area contributed by atoms with Gasteiger partial charge in [0.15, 0.2) is 0 Å². The van der Waals surface area contributed by atoms with E-state index in [-0.39, 0.29) is 5.43 Å². The Morgan fingerprint density at radius 1 is 1.17 bits per heavy atom. The molecule has 3 rings (SSSR count). The number of nitrogens with zero attached hydrogens (tertiary/aromatic N) is 3. The summed E-state index contributed by atoms with van der Waals surface area (Å²) in [5.41, 5.74) is 3.80. The molecule has 0 saturated carbocycles. The SMILES string of the molecule is CNc1cccc(Cc2nn(-c3ccc(C#N)cc3)ccc2=O)c1. The summed E-state index contributed by atoms with van der Waals surface area (Å²) in [6, 6.07) is 18.6. The van der Waals surface area contributed by atoms with E-state index in [1.165, 1.54) is 6.07 Å². The molecule has 0 aliphatic carbocycles. The van der Waals surface area contributed by atoms with Crippen LogP contribution in [0.25, 0.3) is 5.69 Å². The molecule has 1 N–H and O–H groups in total. The lowest BCUT2D eigenvalue weighted by Gasteiger charge is -2.08. The molecular formula is C19H16N4O. The summed E-state index contributed by atoms with van der Waals surface area (Å²) in [5.74, 6) is 0. The van der Waals surface area contributed by atoms with Gasteiger partial charge in [-0.25, -0.2) is 4.68 Å². The second kappa shape index (κ2) is 6.80. The second-order valence-corrected chi connectivity index (χ2v) is 5.36. The summed E-state index contributed by atoms with van der Waals surface area (Å²) in [5, 5.41) is 16.4. The molecule has 0 amide bonds. The number of aromatic nitrogens is 2. The minimum atomic E-state index is -0.0882. The minimum Gasteiger partial charge on any atom is -0.388 e. The second-order valence-electron chi connectivity index (χ2n) is 5.36. The molecule has 2 aromatic carbocycles. The molecule has 5 nitrogen and oxygen atoms in total. The van der Waals surface area contributed by atoms with Crippen LogP contribution in [0.15, 0.2) is 65.6 Å². The molecular weight excluding hydrogens is 300 g/mol. The summed E-state index contributed by atoms with van der Waals surface area (Å²) < 4.78 is 1.65. The summed E-state index contributed by atoms with van der Waals surface area (Å²) >= 11 is 0. The van der Waals surface area contributed by atoms with E-state index in [1.54, 1.807) is 35.1 Å². The van der Waals surface area contributed by atoms with Crippen LogP contribution in [-0.2, 0) is 6.42 Å². The molecule has 0 aliphatic rings. The van der Waals surface area contributed by atoms with Crippen molar-refractivity contribution >= 4 is 5.69 Å². The Balaban J connectivity index is 1.93. The van der Waals surface area contributed by atoms with Gasteiger partial charge in [-0.2, -0.15) is 10.4 Å². The van der Waals surface area contributed by atoms with Gasteiger partial charge in [0.25, 0.3) is 0 Å². The molecule has 1 heterocycles. The van der Waals surface area contributed by atoms with Gasteiger partial charge in [-0.15, -0.1) is 0 Å². The third-order valence-corrected chi connectivity index (χ3v) is 3.73. The van der Waals surface area contributed by atoms with E-state index in [1.807, 2.05) is 31.3 Å². The van der Waals surface area contributed by atoms with Gasteiger partial charge in [0.05, 0.1) is 17.3 Å². The molecule has 0 spiro atoms. The van der Waals surface area contributed by atoms with Crippen molar-refractivity contribution in [3.05, 3.63) is 87.8 Å². The Bertz CT molecular complexity index is 952. The van der Waals surface area contributed by atoms with Crippen LogP contribution in [0.4, 0.5) is 5.69 Å². The summed E-state index contributed by atoms with van der Waals surface area (Å²) in [4.78, 5) is 12.1. The molecule has 0 aliphatic heterocycles. The molecule has 0 unspecified atom stereocenters. The number of anilines is 1. The predicted octanol–water partition coefficient (Wildman–Crippen LogP) is 2.74. The molecule has 3 aromatic rings. The van der Waals surface area contributed by atoms with Gasteiger partial charge in [-0.1, -0.05) is 12.1 Å². The highest BCUT2D eigenvalue weighted by molar-refractivity contribution is 5.46. The molecule has 0 bridgehead atoms. The maximum atomic E-state index is 12.1. The van der Waals surface area contributed by atoms with Crippen molar-refractivity contribution in [2.75, 3.05) is 12.4 Å². The molecule has 0 saturated heterocycles. The fraction of sp³-hybridized carbons (Fsp3) is 0.105. The third-order valence-electron chi connectivity index (χ3n) is 3.73. The van der Waals surface area contributed by atoms with Crippen molar-refractivity contribution in [3.63, 3.8) is 0 Å². The van der Waals surface area contributed by atoms with Gasteiger partial charge in [0, 0.05) is 31.4 Å². The topological polar surface area (TPSA) is 70.7 Å². The number of rotatable bonds is 4. The molecule has 0 radical (unpaired) electrons. The first-order chi connectivity index (χ1) is 11.7. The maximum Gasteiger partial charge on any atom is 0.203 e. The van der Waals surface area contributed by atoms with Crippen molar-refractivity contribution in [1.29, 1.82) is 5.26 Å². The minimum absolute atomic E-state index is 0.0882. The highest BCUT2D eigenvalue weighted by Crippen LogP contribution is 2.13. The first kappa shape index (κ1) is 15.5. The number of nitrogens with one attached hydrogen (secondary N) is 1. The highest BCUT2D eigenvalue weighted by Gasteiger charge is 2.06. The van der Waals surface area contributed by atoms with E-state index in [9.17, 15) is 4.79 Å². The van der Waals surface area contributed by atoms with Gasteiger partial charge in [-0.3, -0.25) is 4.79 Å². The average molecular weight is 316 g/mol. The van der Waals surface area contributed by atoms with Gasteiger partial charge in [-0.05, 0) is 42.0 Å². The van der Waals surface area contributed by atoms with Crippen LogP contribution < -0.4 is 10.7 Å². The maximum absolute atomic E-state index is 12.1. The molecule has 24 heavy (non-hydrogen) atoms. The molecule has 118 valence electrons. The smallest absolute Gasteiger partial charge is 0.203 e. The van der Waals surface area contributed by atoms with Crippen molar-refractivity contribution in [1.82, 2.24) is 9.78 Å². The van der Waals surface area contributed by atoms with Crippen LogP contribution >= 0.6 is 0 Å². The Morgan fingerprint density at radius 2 is 1.96 bits per heavy atom. The Kier molecular flexibility index (Phi) is 4.39. The number of hydrogen-bond acceptors (Lipinski definition) is 4. The summed E-state index contributed by atoms with van der Waals surface area (Å²) in [6.07, 6.45) is 2.10. The van der Waals surface area contributed by atoms with Crippen LogP contribution in [0.2, 0.25) is 0 Å². The van der Waals surface area contributed by atoms with Crippen LogP contribution in [0.5, 0.6) is 0 Å². The molecule has 0 atom stereocenters. The van der Waals surface area contributed by atoms with E-state index in [4.69, 9.17) is 5.26 Å². The van der Waals surface area contributed by atoms with Crippen LogP contribution in [0.1, 0.15) is 16.8 Å². The lowest BCUT2D eigenvalue weighted by atomic mass is 10.1. The lowest BCUT2D eigenvalue weighted by Crippen LogP contribution is -2.16. The van der Waals surface area contributed by atoms with Crippen LogP contribution in [0, 0.1) is 11.3 Å². The molecule has 1 aromatic heterocycles. The molecule has 5 heteroatoms. The summed E-state index contributed by atoms with van der Waals surface area (Å²) in [6.45, 7) is 0. The molecule has 0 fully saturated rings. The Hall–Kier alpha value is -3.39. The number of hydrogen-bond donors (Lipinski definition) is 1. The van der Waals surface area contributed by atoms with Crippen molar-refractivity contribution in [2.24, 2.45) is 0 Å². The monoisotopic (exact) mass is 316 g/mol. The van der Waals surface area contributed by atoms with Crippen LogP contribution in [0.3, 0.4) is 0 Å². The van der Waals surface area contributed by atoms with Gasteiger partial charge >= 0.3 is 0 Å².